The van der Waals surface area contributed by atoms with Crippen molar-refractivity contribution >= 4 is 11.8 Å². The van der Waals surface area contributed by atoms with E-state index in [4.69, 9.17) is 9.47 Å². The van der Waals surface area contributed by atoms with Crippen LogP contribution in [0, 0.1) is 5.92 Å². The average Bonchev–Trinajstić information content (AvgIpc) is 2.99. The van der Waals surface area contributed by atoms with Gasteiger partial charge in [0.25, 0.3) is 0 Å². The van der Waals surface area contributed by atoms with E-state index in [0.717, 1.165) is 45.3 Å². The van der Waals surface area contributed by atoms with Crippen LogP contribution in [-0.4, -0.2) is 42.7 Å². The molecule has 0 spiro atoms. The molecule has 1 aliphatic carbocycles. The summed E-state index contributed by atoms with van der Waals surface area (Å²) in [5.41, 5.74) is 6.02. The number of allylic oxidation sites excluding steroid dienone is 1. The minimum atomic E-state index is -0.404. The van der Waals surface area contributed by atoms with Crippen LogP contribution in [0.1, 0.15) is 51.9 Å². The van der Waals surface area contributed by atoms with Gasteiger partial charge in [-0.3, -0.25) is 14.6 Å². The molecule has 3 aliphatic rings. The first-order valence-electron chi connectivity index (χ1n) is 8.72. The molecule has 0 amide bonds. The van der Waals surface area contributed by atoms with E-state index in [9.17, 15) is 9.59 Å². The third-order valence-electron chi connectivity index (χ3n) is 4.91. The summed E-state index contributed by atoms with van der Waals surface area (Å²) < 4.78 is 10.7. The minimum absolute atomic E-state index is 0.0161. The van der Waals surface area contributed by atoms with E-state index in [0.29, 0.717) is 6.61 Å². The molecule has 0 radical (unpaired) electrons. The second-order valence-corrected chi connectivity index (χ2v) is 6.46. The third kappa shape index (κ3) is 3.75. The summed E-state index contributed by atoms with van der Waals surface area (Å²) in [6.45, 7) is 3.70. The standard InChI is InChI=1S/C17H26N2O4/c1-2-22-17(21)10-15(20)12-6-7-14-13(9-12)11-18-19(14)16-5-3-4-8-23-16/h12,16,18H,2-11H2,1H3. The van der Waals surface area contributed by atoms with Crippen LogP contribution in [0.5, 0.6) is 0 Å². The second-order valence-electron chi connectivity index (χ2n) is 6.46. The molecule has 1 fully saturated rings. The smallest absolute Gasteiger partial charge is 0.313 e. The van der Waals surface area contributed by atoms with Gasteiger partial charge in [-0.2, -0.15) is 0 Å². The van der Waals surface area contributed by atoms with Gasteiger partial charge in [-0.05, 0) is 51.0 Å². The van der Waals surface area contributed by atoms with E-state index >= 15 is 0 Å². The van der Waals surface area contributed by atoms with Gasteiger partial charge in [0.05, 0.1) is 6.61 Å². The molecular weight excluding hydrogens is 296 g/mol. The average molecular weight is 322 g/mol. The van der Waals surface area contributed by atoms with E-state index in [-0.39, 0.29) is 24.3 Å². The molecule has 6 nitrogen and oxygen atoms in total. The van der Waals surface area contributed by atoms with Crippen LogP contribution in [0.4, 0.5) is 0 Å². The van der Waals surface area contributed by atoms with Gasteiger partial charge in [0.15, 0.2) is 0 Å². The monoisotopic (exact) mass is 322 g/mol. The van der Waals surface area contributed by atoms with Gasteiger partial charge < -0.3 is 9.47 Å². The maximum atomic E-state index is 12.3. The highest BCUT2D eigenvalue weighted by Crippen LogP contribution is 2.36. The van der Waals surface area contributed by atoms with E-state index in [1.54, 1.807) is 6.92 Å². The molecule has 0 saturated carbocycles. The van der Waals surface area contributed by atoms with Crippen molar-refractivity contribution in [3.05, 3.63) is 11.3 Å². The molecule has 1 saturated heterocycles. The number of ether oxygens (including phenoxy) is 2. The normalized spacial score (nSPS) is 27.8. The summed E-state index contributed by atoms with van der Waals surface area (Å²) in [7, 11) is 0. The molecule has 0 aromatic rings. The van der Waals surface area contributed by atoms with Crippen molar-refractivity contribution in [2.75, 3.05) is 19.8 Å². The summed E-state index contributed by atoms with van der Waals surface area (Å²) in [5, 5.41) is 2.18. The van der Waals surface area contributed by atoms with Crippen LogP contribution in [0.3, 0.4) is 0 Å². The highest BCUT2D eigenvalue weighted by Gasteiger charge is 2.35. The molecule has 1 N–H and O–H groups in total. The fourth-order valence-corrected chi connectivity index (χ4v) is 3.72. The molecule has 0 aromatic heterocycles. The second kappa shape index (κ2) is 7.45. The number of rotatable bonds is 5. The zero-order valence-electron chi connectivity index (χ0n) is 13.8. The number of carbonyl (C=O) groups is 2. The van der Waals surface area contributed by atoms with Gasteiger partial charge in [-0.1, -0.05) is 0 Å². The molecule has 128 valence electrons. The van der Waals surface area contributed by atoms with Gasteiger partial charge >= 0.3 is 5.97 Å². The lowest BCUT2D eigenvalue weighted by Gasteiger charge is -2.35. The van der Waals surface area contributed by atoms with Crippen LogP contribution in [0.15, 0.2) is 11.3 Å². The number of carbonyl (C=O) groups excluding carboxylic acids is 2. The Morgan fingerprint density at radius 2 is 2.22 bits per heavy atom. The van der Waals surface area contributed by atoms with Gasteiger partial charge in [-0.15, -0.1) is 0 Å². The molecule has 23 heavy (non-hydrogen) atoms. The number of ketones is 1. The summed E-state index contributed by atoms with van der Waals surface area (Å²) >= 11 is 0. The quantitative estimate of drug-likeness (QED) is 0.616. The molecule has 2 aliphatic heterocycles. The fourth-order valence-electron chi connectivity index (χ4n) is 3.72. The highest BCUT2D eigenvalue weighted by molar-refractivity contribution is 5.97. The number of esters is 1. The van der Waals surface area contributed by atoms with Crippen LogP contribution >= 0.6 is 0 Å². The molecule has 2 heterocycles. The van der Waals surface area contributed by atoms with Crippen molar-refractivity contribution in [2.45, 2.75) is 58.1 Å². The fraction of sp³-hybridized carbons (Fsp3) is 0.765. The Kier molecular flexibility index (Phi) is 5.33. The maximum absolute atomic E-state index is 12.3. The van der Waals surface area contributed by atoms with Crippen molar-refractivity contribution < 1.29 is 19.1 Å². The highest BCUT2D eigenvalue weighted by atomic mass is 16.5. The number of Topliss-reactive ketones (excluding diaryl/α,β-unsaturated/α-hetero) is 1. The van der Waals surface area contributed by atoms with Gasteiger partial charge in [0.1, 0.15) is 18.4 Å². The van der Waals surface area contributed by atoms with E-state index in [1.165, 1.54) is 17.7 Å². The lowest BCUT2D eigenvalue weighted by Crippen LogP contribution is -2.44. The van der Waals surface area contributed by atoms with Crippen molar-refractivity contribution in [3.8, 4) is 0 Å². The van der Waals surface area contributed by atoms with E-state index in [1.807, 2.05) is 0 Å². The largest absolute Gasteiger partial charge is 0.466 e. The van der Waals surface area contributed by atoms with E-state index < -0.39 is 5.97 Å². The van der Waals surface area contributed by atoms with Crippen LogP contribution in [0.25, 0.3) is 0 Å². The number of nitrogens with one attached hydrogen (secondary N) is 1. The Balaban J connectivity index is 1.58. The number of nitrogens with zero attached hydrogens (tertiary/aromatic N) is 1. The SMILES string of the molecule is CCOC(=O)CC(=O)C1CCC2=C(CNN2C2CCCCO2)C1. The van der Waals surface area contributed by atoms with Crippen molar-refractivity contribution in [1.82, 2.24) is 10.4 Å². The Bertz CT molecular complexity index is 497. The third-order valence-corrected chi connectivity index (χ3v) is 4.91. The number of hydrogen-bond acceptors (Lipinski definition) is 6. The Morgan fingerprint density at radius 3 is 2.96 bits per heavy atom. The molecule has 2 unspecified atom stereocenters. The summed E-state index contributed by atoms with van der Waals surface area (Å²) in [4.78, 5) is 23.8. The Labute approximate surface area is 137 Å². The summed E-state index contributed by atoms with van der Waals surface area (Å²) in [6, 6.07) is 0. The van der Waals surface area contributed by atoms with Gasteiger partial charge in [0.2, 0.25) is 0 Å². The minimum Gasteiger partial charge on any atom is -0.466 e. The molecule has 6 heteroatoms. The van der Waals surface area contributed by atoms with Crippen molar-refractivity contribution in [2.24, 2.45) is 5.92 Å². The van der Waals surface area contributed by atoms with Crippen LogP contribution in [0.2, 0.25) is 0 Å². The Morgan fingerprint density at radius 1 is 1.35 bits per heavy atom. The van der Waals surface area contributed by atoms with E-state index in [2.05, 4.69) is 10.4 Å². The predicted octanol–water partition coefficient (Wildman–Crippen LogP) is 1.91. The first-order valence-corrected chi connectivity index (χ1v) is 8.72. The zero-order chi connectivity index (χ0) is 16.2. The predicted molar refractivity (Wildman–Crippen MR) is 84.1 cm³/mol. The maximum Gasteiger partial charge on any atom is 0.313 e. The molecule has 0 aromatic carbocycles. The first-order chi connectivity index (χ1) is 11.2. The Hall–Kier alpha value is -1.40. The van der Waals surface area contributed by atoms with Crippen LogP contribution in [-0.2, 0) is 19.1 Å². The van der Waals surface area contributed by atoms with Gasteiger partial charge in [-0.25, -0.2) is 5.43 Å². The van der Waals surface area contributed by atoms with Crippen molar-refractivity contribution in [1.29, 1.82) is 0 Å². The number of hydrazine groups is 1. The molecule has 2 atom stereocenters. The molecular formula is C17H26N2O4. The summed E-state index contributed by atoms with van der Waals surface area (Å²) in [6.07, 6.45) is 5.86. The van der Waals surface area contributed by atoms with Crippen molar-refractivity contribution in [3.63, 3.8) is 0 Å². The molecule has 3 rings (SSSR count). The molecule has 0 bridgehead atoms. The first kappa shape index (κ1) is 16.5. The van der Waals surface area contributed by atoms with Crippen LogP contribution < -0.4 is 5.43 Å². The lowest BCUT2D eigenvalue weighted by molar-refractivity contribution is -0.146. The topological polar surface area (TPSA) is 67.9 Å². The zero-order valence-corrected chi connectivity index (χ0v) is 13.8. The lowest BCUT2D eigenvalue weighted by atomic mass is 9.83. The number of hydrogen-bond donors (Lipinski definition) is 1. The summed E-state index contributed by atoms with van der Waals surface area (Å²) in [5.74, 6) is -0.436. The van der Waals surface area contributed by atoms with Gasteiger partial charge in [0, 0.05) is 24.8 Å².